The number of nitrogens with one attached hydrogen (secondary N) is 1. The molecular weight excluding hydrogens is 267 g/mol. The molecule has 106 valence electrons. The maximum Gasteiger partial charge on any atom is 0.331 e. The Kier molecular flexibility index (Phi) is 3.88. The van der Waals surface area contributed by atoms with E-state index in [1.54, 1.807) is 23.2 Å². The average Bonchev–Trinajstić information content (AvgIpc) is 2.45. The summed E-state index contributed by atoms with van der Waals surface area (Å²) in [4.78, 5) is 24.3. The van der Waals surface area contributed by atoms with Crippen molar-refractivity contribution in [2.75, 3.05) is 7.11 Å². The van der Waals surface area contributed by atoms with Gasteiger partial charge in [-0.05, 0) is 24.1 Å². The number of aromatic amines is 1. The van der Waals surface area contributed by atoms with Crippen LogP contribution in [0.3, 0.4) is 0 Å². The summed E-state index contributed by atoms with van der Waals surface area (Å²) in [5, 5.41) is 9.48. The van der Waals surface area contributed by atoms with Crippen molar-refractivity contribution in [1.29, 1.82) is 0 Å². The molecule has 0 unspecified atom stereocenters. The third-order valence-electron chi connectivity index (χ3n) is 2.88. The maximum atomic E-state index is 13.2. The lowest BCUT2D eigenvalue weighted by molar-refractivity contribution is 0.360. The van der Waals surface area contributed by atoms with Gasteiger partial charge >= 0.3 is 5.69 Å². The largest absolute Gasteiger partial charge is 0.497 e. The van der Waals surface area contributed by atoms with Crippen molar-refractivity contribution < 1.29 is 14.2 Å². The lowest BCUT2D eigenvalue weighted by atomic mass is 10.1. The molecular formula is C13H13FN2O4. The number of ether oxygens (including phenoxy) is 1. The number of aromatic nitrogens is 2. The molecule has 0 atom stereocenters. The van der Waals surface area contributed by atoms with Gasteiger partial charge < -0.3 is 9.84 Å². The third-order valence-corrected chi connectivity index (χ3v) is 2.88. The number of hydrogen-bond acceptors (Lipinski definition) is 4. The van der Waals surface area contributed by atoms with Crippen LogP contribution < -0.4 is 16.0 Å². The number of nitrogens with zero attached hydrogens (tertiary/aromatic N) is 1. The first-order valence-corrected chi connectivity index (χ1v) is 5.87. The summed E-state index contributed by atoms with van der Waals surface area (Å²) in [6, 6.07) is 7.13. The maximum absolute atomic E-state index is 13.2. The van der Waals surface area contributed by atoms with Crippen molar-refractivity contribution >= 4 is 0 Å². The van der Waals surface area contributed by atoms with Gasteiger partial charge in [0.1, 0.15) is 5.75 Å². The van der Waals surface area contributed by atoms with Crippen LogP contribution in [0.5, 0.6) is 11.6 Å². The second-order valence-electron chi connectivity index (χ2n) is 4.15. The molecule has 0 spiro atoms. The highest BCUT2D eigenvalue weighted by Crippen LogP contribution is 2.14. The van der Waals surface area contributed by atoms with Crippen LogP contribution in [0.25, 0.3) is 0 Å². The molecule has 1 heterocycles. The van der Waals surface area contributed by atoms with E-state index in [0.29, 0.717) is 12.2 Å². The van der Waals surface area contributed by atoms with Gasteiger partial charge in [0, 0.05) is 6.54 Å². The molecule has 0 aliphatic carbocycles. The fraction of sp³-hybridized carbons (Fsp3) is 0.231. The summed E-state index contributed by atoms with van der Waals surface area (Å²) in [5.74, 6) is -1.66. The van der Waals surface area contributed by atoms with E-state index in [1.165, 1.54) is 7.11 Å². The summed E-state index contributed by atoms with van der Waals surface area (Å²) in [6.45, 7) is 0.0333. The molecule has 1 aromatic carbocycles. The Morgan fingerprint density at radius 2 is 2.15 bits per heavy atom. The first kappa shape index (κ1) is 13.9. The molecule has 0 aliphatic heterocycles. The Morgan fingerprint density at radius 3 is 2.85 bits per heavy atom. The normalized spacial score (nSPS) is 10.5. The van der Waals surface area contributed by atoms with E-state index in [9.17, 15) is 19.1 Å². The first-order chi connectivity index (χ1) is 9.52. The lowest BCUT2D eigenvalue weighted by Crippen LogP contribution is -2.32. The Morgan fingerprint density at radius 1 is 1.40 bits per heavy atom. The number of halogens is 1. The molecule has 0 saturated heterocycles. The van der Waals surface area contributed by atoms with Gasteiger partial charge in [-0.25, -0.2) is 4.79 Å². The predicted octanol–water partition coefficient (Wildman–Crippen LogP) is 0.633. The van der Waals surface area contributed by atoms with E-state index in [1.807, 2.05) is 6.07 Å². The van der Waals surface area contributed by atoms with Crippen LogP contribution in [0.15, 0.2) is 33.9 Å². The second-order valence-corrected chi connectivity index (χ2v) is 4.15. The molecule has 0 saturated carbocycles. The molecule has 0 radical (unpaired) electrons. The van der Waals surface area contributed by atoms with E-state index >= 15 is 0 Å². The monoisotopic (exact) mass is 280 g/mol. The molecule has 6 nitrogen and oxygen atoms in total. The van der Waals surface area contributed by atoms with Crippen LogP contribution in [0.2, 0.25) is 0 Å². The molecule has 1 aromatic heterocycles. The van der Waals surface area contributed by atoms with Gasteiger partial charge in [0.2, 0.25) is 11.7 Å². The number of benzene rings is 1. The van der Waals surface area contributed by atoms with Crippen LogP contribution in [0, 0.1) is 5.82 Å². The van der Waals surface area contributed by atoms with Crippen LogP contribution in [0.4, 0.5) is 4.39 Å². The van der Waals surface area contributed by atoms with Gasteiger partial charge in [0.25, 0.3) is 5.56 Å². The van der Waals surface area contributed by atoms with Crippen LogP contribution in [-0.4, -0.2) is 21.8 Å². The molecule has 0 amide bonds. The number of hydrogen-bond donors (Lipinski definition) is 2. The van der Waals surface area contributed by atoms with Gasteiger partial charge in [-0.3, -0.25) is 14.3 Å². The van der Waals surface area contributed by atoms with Gasteiger partial charge in [-0.15, -0.1) is 0 Å². The van der Waals surface area contributed by atoms with Gasteiger partial charge in [-0.2, -0.15) is 4.39 Å². The highest BCUT2D eigenvalue weighted by molar-refractivity contribution is 5.28. The van der Waals surface area contributed by atoms with Crippen molar-refractivity contribution in [2.24, 2.45) is 0 Å². The van der Waals surface area contributed by atoms with Gasteiger partial charge in [-0.1, -0.05) is 12.1 Å². The average molecular weight is 280 g/mol. The SMILES string of the molecule is COc1cccc(CCn2c(O)c(F)c(=O)[nH]c2=O)c1. The first-order valence-electron chi connectivity index (χ1n) is 5.87. The zero-order chi connectivity index (χ0) is 14.7. The number of aromatic hydroxyl groups is 1. The minimum atomic E-state index is -1.37. The number of rotatable bonds is 4. The lowest BCUT2D eigenvalue weighted by Gasteiger charge is -2.08. The summed E-state index contributed by atoms with van der Waals surface area (Å²) in [5.41, 5.74) is -1.23. The minimum absolute atomic E-state index is 0.0333. The minimum Gasteiger partial charge on any atom is -0.497 e. The van der Waals surface area contributed by atoms with Crippen LogP contribution in [-0.2, 0) is 13.0 Å². The van der Waals surface area contributed by atoms with Gasteiger partial charge in [0.05, 0.1) is 7.11 Å². The van der Waals surface area contributed by atoms with Crippen LogP contribution >= 0.6 is 0 Å². The highest BCUT2D eigenvalue weighted by atomic mass is 19.1. The Labute approximate surface area is 113 Å². The topological polar surface area (TPSA) is 84.3 Å². The molecule has 2 aromatic rings. The Bertz CT molecular complexity index is 736. The summed E-state index contributed by atoms with van der Waals surface area (Å²) >= 11 is 0. The second kappa shape index (κ2) is 5.60. The van der Waals surface area contributed by atoms with Crippen molar-refractivity contribution in [1.82, 2.24) is 9.55 Å². The molecule has 2 N–H and O–H groups in total. The molecule has 0 fully saturated rings. The fourth-order valence-corrected chi connectivity index (χ4v) is 1.81. The number of H-pyrrole nitrogens is 1. The van der Waals surface area contributed by atoms with Crippen molar-refractivity contribution in [3.63, 3.8) is 0 Å². The Hall–Kier alpha value is -2.57. The summed E-state index contributed by atoms with van der Waals surface area (Å²) < 4.78 is 19.1. The number of methoxy groups -OCH3 is 1. The smallest absolute Gasteiger partial charge is 0.331 e. The summed E-state index contributed by atoms with van der Waals surface area (Å²) in [7, 11) is 1.53. The standard InChI is InChI=1S/C13H13FN2O4/c1-20-9-4-2-3-8(7-9)5-6-16-12(18)10(14)11(17)15-13(16)19/h2-4,7,18H,5-6H2,1H3,(H,15,17,19). The zero-order valence-electron chi connectivity index (χ0n) is 10.7. The third kappa shape index (κ3) is 2.71. The van der Waals surface area contributed by atoms with Crippen molar-refractivity contribution in [2.45, 2.75) is 13.0 Å². The molecule has 7 heteroatoms. The highest BCUT2D eigenvalue weighted by Gasteiger charge is 2.13. The van der Waals surface area contributed by atoms with E-state index in [-0.39, 0.29) is 6.54 Å². The van der Waals surface area contributed by atoms with Crippen molar-refractivity contribution in [3.8, 4) is 11.6 Å². The molecule has 0 aliphatic rings. The quantitative estimate of drug-likeness (QED) is 0.860. The predicted molar refractivity (Wildman–Crippen MR) is 69.6 cm³/mol. The Balaban J connectivity index is 2.25. The molecule has 0 bridgehead atoms. The van der Waals surface area contributed by atoms with Crippen molar-refractivity contribution in [3.05, 3.63) is 56.5 Å². The van der Waals surface area contributed by atoms with Gasteiger partial charge in [0.15, 0.2) is 0 Å². The number of aryl methyl sites for hydroxylation is 1. The van der Waals surface area contributed by atoms with E-state index in [4.69, 9.17) is 4.74 Å². The van der Waals surface area contributed by atoms with E-state index in [0.717, 1.165) is 10.1 Å². The molecule has 2 rings (SSSR count). The van der Waals surface area contributed by atoms with Crippen LogP contribution in [0.1, 0.15) is 5.56 Å². The fourth-order valence-electron chi connectivity index (χ4n) is 1.81. The zero-order valence-corrected chi connectivity index (χ0v) is 10.7. The van der Waals surface area contributed by atoms with E-state index < -0.39 is 22.9 Å². The molecule has 20 heavy (non-hydrogen) atoms. The van der Waals surface area contributed by atoms with E-state index in [2.05, 4.69) is 0 Å². The summed E-state index contributed by atoms with van der Waals surface area (Å²) in [6.07, 6.45) is 0.371.